The third-order valence-electron chi connectivity index (χ3n) is 2.07. The SMILES string of the molecule is COC(=O)c1cnc(Sc2ccccc2Cl)cn1. The number of rotatable bonds is 3. The first-order valence-electron chi connectivity index (χ1n) is 5.03. The molecular formula is C12H9ClN2O2S. The van der Waals surface area contributed by atoms with Gasteiger partial charge in [0.2, 0.25) is 0 Å². The second-order valence-electron chi connectivity index (χ2n) is 3.26. The highest BCUT2D eigenvalue weighted by atomic mass is 35.5. The number of ether oxygens (including phenoxy) is 1. The molecule has 1 aromatic heterocycles. The zero-order valence-corrected chi connectivity index (χ0v) is 11.0. The summed E-state index contributed by atoms with van der Waals surface area (Å²) in [5.74, 6) is -0.503. The van der Waals surface area contributed by atoms with Crippen molar-refractivity contribution in [1.29, 1.82) is 0 Å². The van der Waals surface area contributed by atoms with Crippen LogP contribution in [0.4, 0.5) is 0 Å². The number of carbonyl (C=O) groups is 1. The highest BCUT2D eigenvalue weighted by molar-refractivity contribution is 7.99. The molecule has 0 saturated heterocycles. The molecule has 0 fully saturated rings. The largest absolute Gasteiger partial charge is 0.464 e. The average molecular weight is 281 g/mol. The zero-order valence-electron chi connectivity index (χ0n) is 9.46. The van der Waals surface area contributed by atoms with Crippen LogP contribution in [-0.4, -0.2) is 23.0 Å². The van der Waals surface area contributed by atoms with Gasteiger partial charge in [0.05, 0.1) is 24.5 Å². The molecular weight excluding hydrogens is 272 g/mol. The Labute approximate surface area is 113 Å². The van der Waals surface area contributed by atoms with Gasteiger partial charge in [-0.15, -0.1) is 0 Å². The van der Waals surface area contributed by atoms with Crippen LogP contribution in [-0.2, 0) is 4.74 Å². The molecule has 2 aromatic rings. The highest BCUT2D eigenvalue weighted by Crippen LogP contribution is 2.31. The van der Waals surface area contributed by atoms with E-state index >= 15 is 0 Å². The first-order valence-corrected chi connectivity index (χ1v) is 6.23. The van der Waals surface area contributed by atoms with Crippen molar-refractivity contribution < 1.29 is 9.53 Å². The smallest absolute Gasteiger partial charge is 0.358 e. The van der Waals surface area contributed by atoms with E-state index in [1.54, 1.807) is 6.07 Å². The molecule has 0 unspecified atom stereocenters. The molecule has 0 spiro atoms. The fraction of sp³-hybridized carbons (Fsp3) is 0.0833. The summed E-state index contributed by atoms with van der Waals surface area (Å²) in [6, 6.07) is 7.45. The van der Waals surface area contributed by atoms with Crippen LogP contribution in [0.25, 0.3) is 0 Å². The lowest BCUT2D eigenvalue weighted by Crippen LogP contribution is -2.04. The highest BCUT2D eigenvalue weighted by Gasteiger charge is 2.08. The van der Waals surface area contributed by atoms with E-state index in [-0.39, 0.29) is 5.69 Å². The van der Waals surface area contributed by atoms with E-state index in [1.165, 1.54) is 31.3 Å². The monoisotopic (exact) mass is 280 g/mol. The molecule has 1 aromatic carbocycles. The molecule has 0 aliphatic carbocycles. The maximum absolute atomic E-state index is 11.2. The molecule has 0 atom stereocenters. The lowest BCUT2D eigenvalue weighted by atomic mass is 10.4. The number of hydrogen-bond acceptors (Lipinski definition) is 5. The quantitative estimate of drug-likeness (QED) is 0.809. The fourth-order valence-electron chi connectivity index (χ4n) is 1.22. The van der Waals surface area contributed by atoms with Crippen molar-refractivity contribution in [3.8, 4) is 0 Å². The Balaban J connectivity index is 2.16. The van der Waals surface area contributed by atoms with Crippen molar-refractivity contribution in [2.45, 2.75) is 9.92 Å². The van der Waals surface area contributed by atoms with Crippen LogP contribution >= 0.6 is 23.4 Å². The van der Waals surface area contributed by atoms with Crippen molar-refractivity contribution in [1.82, 2.24) is 9.97 Å². The number of methoxy groups -OCH3 is 1. The summed E-state index contributed by atoms with van der Waals surface area (Å²) in [5.41, 5.74) is 0.181. The zero-order chi connectivity index (χ0) is 13.0. The van der Waals surface area contributed by atoms with E-state index in [9.17, 15) is 4.79 Å². The van der Waals surface area contributed by atoms with Gasteiger partial charge in [-0.1, -0.05) is 35.5 Å². The van der Waals surface area contributed by atoms with Gasteiger partial charge in [0.15, 0.2) is 5.69 Å². The molecule has 1 heterocycles. The Bertz CT molecular complexity index is 560. The summed E-state index contributed by atoms with van der Waals surface area (Å²) in [7, 11) is 1.30. The van der Waals surface area contributed by atoms with Gasteiger partial charge < -0.3 is 4.74 Å². The third kappa shape index (κ3) is 3.00. The lowest BCUT2D eigenvalue weighted by molar-refractivity contribution is 0.0593. The Morgan fingerprint density at radius 2 is 2.06 bits per heavy atom. The van der Waals surface area contributed by atoms with Crippen molar-refractivity contribution in [3.63, 3.8) is 0 Å². The van der Waals surface area contributed by atoms with Gasteiger partial charge in [0.1, 0.15) is 5.03 Å². The first kappa shape index (κ1) is 12.9. The maximum Gasteiger partial charge on any atom is 0.358 e. The molecule has 0 bridgehead atoms. The van der Waals surface area contributed by atoms with Gasteiger partial charge in [0.25, 0.3) is 0 Å². The normalized spacial score (nSPS) is 10.1. The van der Waals surface area contributed by atoms with Crippen LogP contribution in [0.3, 0.4) is 0 Å². The predicted molar refractivity (Wildman–Crippen MR) is 68.9 cm³/mol. The summed E-state index contributed by atoms with van der Waals surface area (Å²) in [6.45, 7) is 0. The topological polar surface area (TPSA) is 52.1 Å². The van der Waals surface area contributed by atoms with Gasteiger partial charge in [-0.25, -0.2) is 14.8 Å². The van der Waals surface area contributed by atoms with Gasteiger partial charge in [-0.05, 0) is 12.1 Å². The van der Waals surface area contributed by atoms with Crippen LogP contribution in [0.15, 0.2) is 46.6 Å². The Morgan fingerprint density at radius 1 is 1.28 bits per heavy atom. The van der Waals surface area contributed by atoms with E-state index < -0.39 is 5.97 Å². The van der Waals surface area contributed by atoms with Crippen LogP contribution in [0.1, 0.15) is 10.5 Å². The summed E-state index contributed by atoms with van der Waals surface area (Å²) in [6.07, 6.45) is 2.89. The number of aromatic nitrogens is 2. The second kappa shape index (κ2) is 5.84. The summed E-state index contributed by atoms with van der Waals surface area (Å²) < 4.78 is 4.54. The second-order valence-corrected chi connectivity index (χ2v) is 4.73. The fourth-order valence-corrected chi connectivity index (χ4v) is 2.22. The summed E-state index contributed by atoms with van der Waals surface area (Å²) in [5, 5.41) is 1.32. The molecule has 18 heavy (non-hydrogen) atoms. The summed E-state index contributed by atoms with van der Waals surface area (Å²) >= 11 is 7.42. The van der Waals surface area contributed by atoms with E-state index in [0.29, 0.717) is 10.0 Å². The van der Waals surface area contributed by atoms with E-state index in [2.05, 4.69) is 14.7 Å². The minimum Gasteiger partial charge on any atom is -0.464 e. The third-order valence-corrected chi connectivity index (χ3v) is 3.51. The minimum atomic E-state index is -0.503. The van der Waals surface area contributed by atoms with Crippen molar-refractivity contribution >= 4 is 29.3 Å². The Kier molecular flexibility index (Phi) is 4.17. The number of carbonyl (C=O) groups excluding carboxylic acids is 1. The van der Waals surface area contributed by atoms with Crippen molar-refractivity contribution in [2.75, 3.05) is 7.11 Å². The molecule has 0 aliphatic rings. The van der Waals surface area contributed by atoms with E-state index in [0.717, 1.165) is 4.90 Å². The van der Waals surface area contributed by atoms with Gasteiger partial charge in [-0.3, -0.25) is 0 Å². The molecule has 92 valence electrons. The van der Waals surface area contributed by atoms with Gasteiger partial charge in [0, 0.05) is 4.90 Å². The lowest BCUT2D eigenvalue weighted by Gasteiger charge is -2.03. The molecule has 6 heteroatoms. The predicted octanol–water partition coefficient (Wildman–Crippen LogP) is 3.07. The molecule has 2 rings (SSSR count). The number of nitrogens with zero attached hydrogens (tertiary/aromatic N) is 2. The average Bonchev–Trinajstić information content (AvgIpc) is 2.41. The van der Waals surface area contributed by atoms with E-state index in [4.69, 9.17) is 11.6 Å². The number of hydrogen-bond donors (Lipinski definition) is 0. The Hall–Kier alpha value is -1.59. The number of esters is 1. The van der Waals surface area contributed by atoms with Crippen LogP contribution < -0.4 is 0 Å². The molecule has 0 aliphatic heterocycles. The standard InChI is InChI=1S/C12H9ClN2O2S/c1-17-12(16)9-6-15-11(7-14-9)18-10-5-3-2-4-8(10)13/h2-7H,1H3. The van der Waals surface area contributed by atoms with Crippen LogP contribution in [0.5, 0.6) is 0 Å². The maximum atomic E-state index is 11.2. The van der Waals surface area contributed by atoms with Crippen LogP contribution in [0.2, 0.25) is 5.02 Å². The van der Waals surface area contributed by atoms with Crippen molar-refractivity contribution in [2.24, 2.45) is 0 Å². The first-order chi connectivity index (χ1) is 8.70. The number of benzene rings is 1. The summed E-state index contributed by atoms with van der Waals surface area (Å²) in [4.78, 5) is 20.2. The molecule has 0 N–H and O–H groups in total. The number of halogens is 1. The molecule has 0 radical (unpaired) electrons. The minimum absolute atomic E-state index is 0.181. The molecule has 0 saturated carbocycles. The van der Waals surface area contributed by atoms with Crippen LogP contribution in [0, 0.1) is 0 Å². The van der Waals surface area contributed by atoms with E-state index in [1.807, 2.05) is 18.2 Å². The molecule has 0 amide bonds. The van der Waals surface area contributed by atoms with Gasteiger partial charge in [-0.2, -0.15) is 0 Å². The molecule has 4 nitrogen and oxygen atoms in total. The Morgan fingerprint density at radius 3 is 2.67 bits per heavy atom. The van der Waals surface area contributed by atoms with Crippen molar-refractivity contribution in [3.05, 3.63) is 47.4 Å². The van der Waals surface area contributed by atoms with Gasteiger partial charge >= 0.3 is 5.97 Å².